The lowest BCUT2D eigenvalue weighted by Gasteiger charge is -2.28. The van der Waals surface area contributed by atoms with Crippen molar-refractivity contribution in [2.24, 2.45) is 0 Å². The van der Waals surface area contributed by atoms with Crippen molar-refractivity contribution < 1.29 is 19.4 Å². The summed E-state index contributed by atoms with van der Waals surface area (Å²) in [4.78, 5) is 24.5. The van der Waals surface area contributed by atoms with Gasteiger partial charge in [0.05, 0.1) is 0 Å². The number of carboxylic acids is 1. The zero-order valence-corrected chi connectivity index (χ0v) is 15.9. The van der Waals surface area contributed by atoms with Crippen molar-refractivity contribution in [3.63, 3.8) is 0 Å². The number of hydrogen-bond donors (Lipinski definition) is 2. The van der Waals surface area contributed by atoms with Gasteiger partial charge in [0.25, 0.3) is 0 Å². The maximum absolute atomic E-state index is 12.3. The fraction of sp³-hybridized carbons (Fsp3) is 0.364. The largest absolute Gasteiger partial charge is 0.480 e. The van der Waals surface area contributed by atoms with Crippen molar-refractivity contribution in [3.05, 3.63) is 70.8 Å². The zero-order valence-electron chi connectivity index (χ0n) is 15.9. The minimum atomic E-state index is -1.12. The number of aliphatic carboxylic acids is 1. The van der Waals surface area contributed by atoms with Gasteiger partial charge in [-0.05, 0) is 55.9 Å². The van der Waals surface area contributed by atoms with Crippen molar-refractivity contribution in [2.45, 2.75) is 51.2 Å². The highest BCUT2D eigenvalue weighted by Crippen LogP contribution is 2.36. The Kier molecular flexibility index (Phi) is 5.22. The van der Waals surface area contributed by atoms with Crippen molar-refractivity contribution in [3.8, 4) is 0 Å². The maximum Gasteiger partial charge on any atom is 0.408 e. The number of nitrogens with one attached hydrogen (secondary N) is 1. The number of ether oxygens (including phenoxy) is 1. The highest BCUT2D eigenvalue weighted by atomic mass is 16.6. The molecule has 1 aliphatic rings. The summed E-state index contributed by atoms with van der Waals surface area (Å²) in [7, 11) is 0. The van der Waals surface area contributed by atoms with Gasteiger partial charge in [0, 0.05) is 5.92 Å². The van der Waals surface area contributed by atoms with E-state index in [4.69, 9.17) is 4.74 Å². The number of aryl methyl sites for hydroxylation is 2. The van der Waals surface area contributed by atoms with E-state index in [2.05, 4.69) is 5.32 Å². The molecule has 0 saturated heterocycles. The Hall–Kier alpha value is -2.82. The lowest BCUT2D eigenvalue weighted by atomic mass is 9.82. The number of carbonyl (C=O) groups excluding carboxylic acids is 1. The fourth-order valence-electron chi connectivity index (χ4n) is 3.65. The number of benzene rings is 2. The van der Waals surface area contributed by atoms with Crippen LogP contribution >= 0.6 is 0 Å². The highest BCUT2D eigenvalue weighted by molar-refractivity contribution is 5.82. The van der Waals surface area contributed by atoms with Crippen LogP contribution in [-0.2, 0) is 22.4 Å². The normalized spacial score (nSPS) is 15.1. The van der Waals surface area contributed by atoms with Gasteiger partial charge in [0.1, 0.15) is 11.6 Å². The van der Waals surface area contributed by atoms with Gasteiger partial charge in [-0.15, -0.1) is 0 Å². The Morgan fingerprint density at radius 3 is 1.93 bits per heavy atom. The van der Waals surface area contributed by atoms with Gasteiger partial charge in [-0.3, -0.25) is 0 Å². The van der Waals surface area contributed by atoms with Crippen molar-refractivity contribution in [2.75, 3.05) is 0 Å². The topological polar surface area (TPSA) is 75.6 Å². The number of amides is 1. The predicted octanol–water partition coefficient (Wildman–Crippen LogP) is 3.90. The first-order valence-corrected chi connectivity index (χ1v) is 9.14. The van der Waals surface area contributed by atoms with E-state index >= 15 is 0 Å². The van der Waals surface area contributed by atoms with Gasteiger partial charge < -0.3 is 15.2 Å². The van der Waals surface area contributed by atoms with Crippen LogP contribution in [-0.4, -0.2) is 28.8 Å². The molecule has 1 amide bonds. The molecule has 0 bridgehead atoms. The predicted molar refractivity (Wildman–Crippen MR) is 103 cm³/mol. The van der Waals surface area contributed by atoms with Crippen molar-refractivity contribution in [1.29, 1.82) is 0 Å². The Morgan fingerprint density at radius 2 is 1.48 bits per heavy atom. The summed E-state index contributed by atoms with van der Waals surface area (Å²) >= 11 is 0. The van der Waals surface area contributed by atoms with E-state index in [1.165, 1.54) is 0 Å². The molecular weight excluding hydrogens is 342 g/mol. The summed E-state index contributed by atoms with van der Waals surface area (Å²) in [5.41, 5.74) is 3.38. The molecule has 0 fully saturated rings. The van der Waals surface area contributed by atoms with E-state index in [1.54, 1.807) is 20.8 Å². The van der Waals surface area contributed by atoms with Crippen LogP contribution in [0.25, 0.3) is 0 Å². The van der Waals surface area contributed by atoms with Gasteiger partial charge in [0.2, 0.25) is 0 Å². The molecule has 2 aromatic carbocycles. The van der Waals surface area contributed by atoms with Gasteiger partial charge in [-0.1, -0.05) is 48.5 Å². The van der Waals surface area contributed by atoms with Crippen LogP contribution in [0.5, 0.6) is 0 Å². The molecule has 0 radical (unpaired) electrons. The fourth-order valence-corrected chi connectivity index (χ4v) is 3.65. The number of carbonyl (C=O) groups is 2. The SMILES string of the molecule is CC(C)(C)OC(=O)N[C@H](C(=O)O)C1c2ccccc2CCc2ccccc21. The molecule has 3 rings (SSSR count). The molecule has 1 atom stereocenters. The average molecular weight is 367 g/mol. The molecule has 0 heterocycles. The lowest BCUT2D eigenvalue weighted by molar-refractivity contribution is -0.139. The Labute approximate surface area is 159 Å². The number of carboxylic acid groups (broad SMARTS) is 1. The quantitative estimate of drug-likeness (QED) is 0.863. The average Bonchev–Trinajstić information content (AvgIpc) is 2.75. The van der Waals surface area contributed by atoms with Crippen LogP contribution in [0.1, 0.15) is 48.9 Å². The Bertz CT molecular complexity index is 806. The first-order valence-electron chi connectivity index (χ1n) is 9.14. The Balaban J connectivity index is 2.06. The van der Waals surface area contributed by atoms with E-state index in [-0.39, 0.29) is 0 Å². The molecule has 2 aromatic rings. The van der Waals surface area contributed by atoms with Crippen LogP contribution in [0.3, 0.4) is 0 Å². The van der Waals surface area contributed by atoms with E-state index in [0.29, 0.717) is 0 Å². The number of alkyl carbamates (subject to hydrolysis) is 1. The molecule has 0 unspecified atom stereocenters. The van der Waals surface area contributed by atoms with Crippen molar-refractivity contribution in [1.82, 2.24) is 5.32 Å². The standard InChI is InChI=1S/C22H25NO4/c1-22(2,3)27-21(26)23-19(20(24)25)18-16-10-6-4-8-14(16)12-13-15-9-5-7-11-17(15)18/h4-11,18-19H,12-13H2,1-3H3,(H,23,26)(H,24,25)/t19-/m0/s1. The molecule has 5 heteroatoms. The summed E-state index contributed by atoms with van der Waals surface area (Å²) in [6.45, 7) is 5.25. The molecule has 5 nitrogen and oxygen atoms in total. The molecule has 0 aromatic heterocycles. The zero-order chi connectivity index (χ0) is 19.6. The molecule has 1 aliphatic carbocycles. The van der Waals surface area contributed by atoms with Gasteiger partial charge in [0.15, 0.2) is 0 Å². The third kappa shape index (κ3) is 4.30. The number of fused-ring (bicyclic) bond motifs is 2. The number of hydrogen-bond acceptors (Lipinski definition) is 3. The van der Waals surface area contributed by atoms with Crippen LogP contribution in [0.2, 0.25) is 0 Å². The van der Waals surface area contributed by atoms with E-state index in [9.17, 15) is 14.7 Å². The minimum absolute atomic E-state index is 0.482. The third-order valence-electron chi connectivity index (χ3n) is 4.72. The molecule has 142 valence electrons. The second kappa shape index (κ2) is 7.43. The molecule has 0 saturated carbocycles. The maximum atomic E-state index is 12.3. The molecular formula is C22H25NO4. The summed E-state index contributed by atoms with van der Waals surface area (Å²) in [6.07, 6.45) is 0.944. The minimum Gasteiger partial charge on any atom is -0.480 e. The van der Waals surface area contributed by atoms with Gasteiger partial charge in [-0.25, -0.2) is 9.59 Å². The highest BCUT2D eigenvalue weighted by Gasteiger charge is 2.36. The van der Waals surface area contributed by atoms with Gasteiger partial charge >= 0.3 is 12.1 Å². The summed E-state index contributed by atoms with van der Waals surface area (Å²) in [5, 5.41) is 12.5. The molecule has 2 N–H and O–H groups in total. The second-order valence-electron chi connectivity index (χ2n) is 7.84. The summed E-state index contributed by atoms with van der Waals surface area (Å²) < 4.78 is 5.30. The first-order chi connectivity index (χ1) is 12.8. The Morgan fingerprint density at radius 1 is 1.00 bits per heavy atom. The van der Waals surface area contributed by atoms with Crippen LogP contribution in [0.4, 0.5) is 4.79 Å². The van der Waals surface area contributed by atoms with E-state index < -0.39 is 29.6 Å². The van der Waals surface area contributed by atoms with E-state index in [0.717, 1.165) is 35.1 Å². The van der Waals surface area contributed by atoms with Crippen molar-refractivity contribution >= 4 is 12.1 Å². The monoisotopic (exact) mass is 367 g/mol. The first kappa shape index (κ1) is 19.0. The van der Waals surface area contributed by atoms with Gasteiger partial charge in [-0.2, -0.15) is 0 Å². The second-order valence-corrected chi connectivity index (χ2v) is 7.84. The smallest absolute Gasteiger partial charge is 0.408 e. The molecule has 0 aliphatic heterocycles. The summed E-state index contributed by atoms with van der Waals surface area (Å²) in [5.74, 6) is -1.57. The van der Waals surface area contributed by atoms with Crippen LogP contribution in [0.15, 0.2) is 48.5 Å². The summed E-state index contributed by atoms with van der Waals surface area (Å²) in [6, 6.07) is 14.6. The molecule has 0 spiro atoms. The van der Waals surface area contributed by atoms with Crippen LogP contribution < -0.4 is 5.32 Å². The molecule has 27 heavy (non-hydrogen) atoms. The lowest BCUT2D eigenvalue weighted by Crippen LogP contribution is -2.47. The van der Waals surface area contributed by atoms with Crippen LogP contribution in [0, 0.1) is 0 Å². The third-order valence-corrected chi connectivity index (χ3v) is 4.72. The van der Waals surface area contributed by atoms with E-state index in [1.807, 2.05) is 48.5 Å². The number of rotatable bonds is 3.